The maximum Gasteiger partial charge on any atom is 0.0676 e. The third-order valence-corrected chi connectivity index (χ3v) is 15.3. The van der Waals surface area contributed by atoms with Crippen LogP contribution in [0, 0.1) is 5.92 Å². The van der Waals surface area contributed by atoms with Crippen LogP contribution in [0.4, 0.5) is 17.1 Å². The van der Waals surface area contributed by atoms with Crippen molar-refractivity contribution in [3.05, 3.63) is 244 Å². The standard InChI is InChI=1S/C61H51N/c1-40-20-8-13-29-50(40)61(41-21-6-5-7-22-41)54-33-17-12-28-49(54)58-55(61)34-19-35-57(58)62(44-36-37-48-45-25-9-14-30-51(45)59(2,3)56(48)39-44)43-24-18-23-42(38-43)60(4)52-31-15-10-26-46(52)47-27-11-16-32-53(47)60/h6,8-19,21-40H,5,7,20H2,1-4H3. The molecule has 1 nitrogen and oxygen atoms in total. The lowest BCUT2D eigenvalue weighted by Gasteiger charge is -2.41. The molecule has 0 aromatic heterocycles. The third-order valence-electron chi connectivity index (χ3n) is 15.3. The van der Waals surface area contributed by atoms with Crippen LogP contribution >= 0.6 is 0 Å². The zero-order valence-corrected chi connectivity index (χ0v) is 36.1. The molecule has 0 aliphatic heterocycles. The van der Waals surface area contributed by atoms with E-state index in [2.05, 4.69) is 227 Å². The second-order valence-corrected chi connectivity index (χ2v) is 18.8. The van der Waals surface area contributed by atoms with Gasteiger partial charge in [0.05, 0.1) is 11.1 Å². The van der Waals surface area contributed by atoms with E-state index in [-0.39, 0.29) is 10.8 Å². The van der Waals surface area contributed by atoms with E-state index < -0.39 is 5.41 Å². The summed E-state index contributed by atoms with van der Waals surface area (Å²) in [4.78, 5) is 2.59. The molecule has 5 aliphatic rings. The van der Waals surface area contributed by atoms with Gasteiger partial charge in [-0.2, -0.15) is 0 Å². The Labute approximate surface area is 367 Å². The molecule has 2 unspecified atom stereocenters. The van der Waals surface area contributed by atoms with Crippen LogP contribution in [0.5, 0.6) is 0 Å². The maximum absolute atomic E-state index is 2.59. The molecule has 62 heavy (non-hydrogen) atoms. The zero-order valence-electron chi connectivity index (χ0n) is 36.1. The van der Waals surface area contributed by atoms with E-state index in [0.717, 1.165) is 24.9 Å². The number of benzene rings is 7. The van der Waals surface area contributed by atoms with Crippen LogP contribution in [0.3, 0.4) is 0 Å². The summed E-state index contributed by atoms with van der Waals surface area (Å²) in [6.45, 7) is 9.65. The topological polar surface area (TPSA) is 3.24 Å². The first-order chi connectivity index (χ1) is 30.3. The fourth-order valence-corrected chi connectivity index (χ4v) is 12.4. The molecule has 0 saturated heterocycles. The molecule has 1 heteroatoms. The van der Waals surface area contributed by atoms with Crippen LogP contribution < -0.4 is 4.90 Å². The number of fused-ring (bicyclic) bond motifs is 9. The molecular formula is C61H51N. The molecule has 0 fully saturated rings. The molecule has 0 spiro atoms. The average molecular weight is 798 g/mol. The minimum atomic E-state index is -0.400. The molecule has 7 aromatic carbocycles. The fraction of sp³-hybridized carbons (Fsp3) is 0.180. The van der Waals surface area contributed by atoms with Crippen molar-refractivity contribution in [2.24, 2.45) is 5.92 Å². The van der Waals surface area contributed by atoms with E-state index in [1.807, 2.05) is 0 Å². The van der Waals surface area contributed by atoms with E-state index in [1.54, 1.807) is 0 Å². The third kappa shape index (κ3) is 4.97. The molecule has 5 aliphatic carbocycles. The minimum Gasteiger partial charge on any atom is -0.310 e. The highest BCUT2D eigenvalue weighted by Gasteiger charge is 2.50. The van der Waals surface area contributed by atoms with Crippen molar-refractivity contribution >= 4 is 17.1 Å². The lowest BCUT2D eigenvalue weighted by Crippen LogP contribution is -2.34. The Morgan fingerprint density at radius 2 is 1.13 bits per heavy atom. The zero-order chi connectivity index (χ0) is 41.8. The number of nitrogens with zero attached hydrogens (tertiary/aromatic N) is 1. The van der Waals surface area contributed by atoms with Crippen molar-refractivity contribution in [2.45, 2.75) is 63.2 Å². The Morgan fingerprint density at radius 1 is 0.516 bits per heavy atom. The predicted molar refractivity (Wildman–Crippen MR) is 260 cm³/mol. The summed E-state index contributed by atoms with van der Waals surface area (Å²) in [6.07, 6.45) is 17.6. The largest absolute Gasteiger partial charge is 0.310 e. The molecule has 7 aromatic rings. The van der Waals surface area contributed by atoms with Crippen LogP contribution in [0.25, 0.3) is 33.4 Å². The van der Waals surface area contributed by atoms with Crippen LogP contribution in [0.2, 0.25) is 0 Å². The van der Waals surface area contributed by atoms with Gasteiger partial charge in [-0.15, -0.1) is 0 Å². The van der Waals surface area contributed by atoms with Crippen molar-refractivity contribution in [3.8, 4) is 33.4 Å². The number of hydrogen-bond acceptors (Lipinski definition) is 1. The number of anilines is 3. The first kappa shape index (κ1) is 37.1. The lowest BCUT2D eigenvalue weighted by molar-refractivity contribution is 0.572. The van der Waals surface area contributed by atoms with Crippen LogP contribution in [-0.4, -0.2) is 0 Å². The second kappa shape index (κ2) is 13.7. The lowest BCUT2D eigenvalue weighted by atomic mass is 9.61. The van der Waals surface area contributed by atoms with Gasteiger partial charge in [0.1, 0.15) is 0 Å². The van der Waals surface area contributed by atoms with Gasteiger partial charge in [0.2, 0.25) is 0 Å². The van der Waals surface area contributed by atoms with E-state index in [4.69, 9.17) is 0 Å². The Balaban J connectivity index is 1.14. The van der Waals surface area contributed by atoms with Gasteiger partial charge in [-0.25, -0.2) is 0 Å². The van der Waals surface area contributed by atoms with Gasteiger partial charge < -0.3 is 4.90 Å². The molecule has 0 saturated carbocycles. The number of rotatable bonds is 6. The van der Waals surface area contributed by atoms with Crippen molar-refractivity contribution in [1.82, 2.24) is 0 Å². The average Bonchev–Trinajstić information content (AvgIpc) is 3.86. The van der Waals surface area contributed by atoms with E-state index >= 15 is 0 Å². The highest BCUT2D eigenvalue weighted by Crippen LogP contribution is 2.63. The summed E-state index contributed by atoms with van der Waals surface area (Å²) in [5.74, 6) is 0.394. The Kier molecular flexibility index (Phi) is 8.17. The highest BCUT2D eigenvalue weighted by atomic mass is 15.1. The summed E-state index contributed by atoms with van der Waals surface area (Å²) < 4.78 is 0. The molecular weight excluding hydrogens is 747 g/mol. The number of hydrogen-bond donors (Lipinski definition) is 0. The summed E-state index contributed by atoms with van der Waals surface area (Å²) in [5, 5.41) is 0. The van der Waals surface area contributed by atoms with Gasteiger partial charge in [-0.3, -0.25) is 0 Å². The quantitative estimate of drug-likeness (QED) is 0.162. The summed E-state index contributed by atoms with van der Waals surface area (Å²) in [7, 11) is 0. The van der Waals surface area contributed by atoms with Crippen molar-refractivity contribution in [2.75, 3.05) is 4.90 Å². The fourth-order valence-electron chi connectivity index (χ4n) is 12.4. The van der Waals surface area contributed by atoms with E-state index in [0.29, 0.717) is 5.92 Å². The molecule has 300 valence electrons. The maximum atomic E-state index is 2.59. The van der Waals surface area contributed by atoms with E-state index in [9.17, 15) is 0 Å². The van der Waals surface area contributed by atoms with Gasteiger partial charge in [-0.05, 0) is 140 Å². The van der Waals surface area contributed by atoms with Crippen molar-refractivity contribution in [3.63, 3.8) is 0 Å². The highest BCUT2D eigenvalue weighted by molar-refractivity contribution is 5.98. The summed E-state index contributed by atoms with van der Waals surface area (Å²) >= 11 is 0. The molecule has 0 heterocycles. The van der Waals surface area contributed by atoms with Gasteiger partial charge >= 0.3 is 0 Å². The first-order valence-corrected chi connectivity index (χ1v) is 22.6. The van der Waals surface area contributed by atoms with Crippen molar-refractivity contribution in [1.29, 1.82) is 0 Å². The smallest absolute Gasteiger partial charge is 0.0676 e. The molecule has 2 atom stereocenters. The molecule has 0 bridgehead atoms. The SMILES string of the molecule is CC1CC=CC=C1C1(C2=CCCC=C2)c2ccccc2-c2c(N(c3cccc(C4(C)c5ccccc5-c5ccccc54)c3)c3ccc4c(c3)C(C)(C)c3ccccc3-4)cccc21. The second-order valence-electron chi connectivity index (χ2n) is 18.8. The molecule has 0 radical (unpaired) electrons. The molecule has 0 N–H and O–H groups in total. The van der Waals surface area contributed by atoms with Gasteiger partial charge in [0.25, 0.3) is 0 Å². The normalized spacial score (nSPS) is 20.3. The first-order valence-electron chi connectivity index (χ1n) is 22.6. The summed E-state index contributed by atoms with van der Waals surface area (Å²) in [5.41, 5.74) is 23.1. The minimum absolute atomic E-state index is 0.141. The Hall–Kier alpha value is -6.70. The Morgan fingerprint density at radius 3 is 1.84 bits per heavy atom. The summed E-state index contributed by atoms with van der Waals surface area (Å²) in [6, 6.07) is 60.2. The van der Waals surface area contributed by atoms with Crippen LogP contribution in [-0.2, 0) is 16.2 Å². The van der Waals surface area contributed by atoms with Gasteiger partial charge in [-0.1, -0.05) is 185 Å². The molecule has 12 rings (SSSR count). The Bertz CT molecular complexity index is 3080. The van der Waals surface area contributed by atoms with Crippen molar-refractivity contribution < 1.29 is 0 Å². The van der Waals surface area contributed by atoms with E-state index in [1.165, 1.54) is 94.8 Å². The number of allylic oxidation sites excluding steroid dienone is 8. The van der Waals surface area contributed by atoms with Gasteiger partial charge in [0, 0.05) is 27.8 Å². The van der Waals surface area contributed by atoms with Gasteiger partial charge in [0.15, 0.2) is 0 Å². The molecule has 0 amide bonds. The monoisotopic (exact) mass is 797 g/mol. The van der Waals surface area contributed by atoms with Crippen LogP contribution in [0.15, 0.2) is 205 Å². The van der Waals surface area contributed by atoms with Crippen LogP contribution in [0.1, 0.15) is 85.9 Å². The predicted octanol–water partition coefficient (Wildman–Crippen LogP) is 15.9.